The van der Waals surface area contributed by atoms with Crippen molar-refractivity contribution >= 4 is 12.1 Å². The van der Waals surface area contributed by atoms with Crippen LogP contribution >= 0.6 is 0 Å². The number of hydrogen-bond acceptors (Lipinski definition) is 2. The predicted molar refractivity (Wildman–Crippen MR) is 36.6 cm³/mol. The molecule has 0 aromatic rings. The monoisotopic (exact) mass is 217 g/mol. The van der Waals surface area contributed by atoms with Crippen molar-refractivity contribution in [2.75, 3.05) is 0 Å². The van der Waals surface area contributed by atoms with Crippen LogP contribution in [0, 0.1) is 13.3 Å². The van der Waals surface area contributed by atoms with Crippen LogP contribution in [0.1, 0.15) is 20.3 Å². The zero-order valence-corrected chi connectivity index (χ0v) is 9.52. The first kappa shape index (κ1) is 16.8. The van der Waals surface area contributed by atoms with Crippen LogP contribution in [0.25, 0.3) is 0 Å². The van der Waals surface area contributed by atoms with E-state index in [1.54, 1.807) is 13.2 Å². The molecule has 57 valence electrons. The Morgan fingerprint density at radius 1 is 1.60 bits per heavy atom. The van der Waals surface area contributed by atoms with E-state index < -0.39 is 0 Å². The van der Waals surface area contributed by atoms with Crippen molar-refractivity contribution < 1.29 is 42.3 Å². The molecule has 0 aliphatic heterocycles. The van der Waals surface area contributed by atoms with Crippen molar-refractivity contribution in [2.45, 2.75) is 20.3 Å². The molecule has 0 aliphatic rings. The minimum Gasteiger partial charge on any atom is -0.542 e. The minimum absolute atomic E-state index is 0. The maximum absolute atomic E-state index is 10.2. The third kappa shape index (κ3) is 11.3. The molecule has 3 heteroatoms. The van der Waals surface area contributed by atoms with E-state index in [0.29, 0.717) is 6.42 Å². The fourth-order valence-corrected chi connectivity index (χ4v) is 0.473. The summed E-state index contributed by atoms with van der Waals surface area (Å²) < 4.78 is 0. The molecule has 0 saturated heterocycles. The molecule has 0 amide bonds. The van der Waals surface area contributed by atoms with Gasteiger partial charge in [-0.1, -0.05) is 6.92 Å². The summed E-state index contributed by atoms with van der Waals surface area (Å²) >= 11 is 0. The average molecular weight is 217 g/mol. The van der Waals surface area contributed by atoms with Crippen LogP contribution < -0.4 is 0 Å². The summed E-state index contributed by atoms with van der Waals surface area (Å²) in [7, 11) is 0. The Hall–Kier alpha value is 0.444. The van der Waals surface area contributed by atoms with E-state index in [4.69, 9.17) is 0 Å². The van der Waals surface area contributed by atoms with E-state index in [2.05, 4.69) is 0 Å². The average Bonchev–Trinajstić information content (AvgIpc) is 1.65. The largest absolute Gasteiger partial charge is 0.542 e. The van der Waals surface area contributed by atoms with Crippen LogP contribution in [-0.4, -0.2) is 12.1 Å². The summed E-state index contributed by atoms with van der Waals surface area (Å²) in [6.45, 7) is 3.14. The van der Waals surface area contributed by atoms with Gasteiger partial charge in [0.2, 0.25) is 0 Å². The SMILES string of the molecule is CC(=O)CC(C)[C-]=O.[CH3-].[Y]. The molecule has 0 aromatic carbocycles. The molecular weight excluding hydrogens is 205 g/mol. The molecule has 0 spiro atoms. The van der Waals surface area contributed by atoms with Crippen molar-refractivity contribution in [1.29, 1.82) is 0 Å². The maximum Gasteiger partial charge on any atom is 0.127 e. The van der Waals surface area contributed by atoms with E-state index >= 15 is 0 Å². The van der Waals surface area contributed by atoms with E-state index in [1.807, 2.05) is 0 Å². The molecule has 0 fully saturated rings. The molecule has 0 heterocycles. The van der Waals surface area contributed by atoms with Gasteiger partial charge in [-0.25, -0.2) is 0 Å². The predicted octanol–water partition coefficient (Wildman–Crippen LogP) is 1.16. The van der Waals surface area contributed by atoms with E-state index in [9.17, 15) is 9.59 Å². The molecule has 0 rings (SSSR count). The van der Waals surface area contributed by atoms with Gasteiger partial charge < -0.3 is 17.0 Å². The zero-order valence-electron chi connectivity index (χ0n) is 6.68. The molecule has 0 aliphatic carbocycles. The van der Waals surface area contributed by atoms with E-state index in [-0.39, 0.29) is 51.8 Å². The zero-order chi connectivity index (χ0) is 6.57. The Balaban J connectivity index is -0.000000245. The Bertz CT molecular complexity index is 102. The summed E-state index contributed by atoms with van der Waals surface area (Å²) in [5.41, 5.74) is 0. The summed E-state index contributed by atoms with van der Waals surface area (Å²) in [5.74, 6) is -0.187. The first-order valence-electron chi connectivity index (χ1n) is 2.54. The number of ketones is 1. The van der Waals surface area contributed by atoms with Crippen LogP contribution in [0.15, 0.2) is 0 Å². The summed E-state index contributed by atoms with van der Waals surface area (Å²) in [4.78, 5) is 20.0. The number of hydrogen-bond donors (Lipinski definition) is 0. The van der Waals surface area contributed by atoms with Crippen LogP contribution in [0.3, 0.4) is 0 Å². The van der Waals surface area contributed by atoms with Gasteiger partial charge in [0.25, 0.3) is 0 Å². The molecule has 0 bridgehead atoms. The number of Topliss-reactive ketones (excluding diaryl/α,β-unsaturated/α-hetero) is 1. The van der Waals surface area contributed by atoms with Crippen molar-refractivity contribution in [3.05, 3.63) is 7.43 Å². The second-order valence-electron chi connectivity index (χ2n) is 1.93. The van der Waals surface area contributed by atoms with Crippen molar-refractivity contribution in [3.8, 4) is 0 Å². The fourth-order valence-electron chi connectivity index (χ4n) is 0.473. The third-order valence-electron chi connectivity index (χ3n) is 0.795. The standard InChI is InChI=1S/C6H9O2.CH3.Y/c1-5(4-7)3-6(2)8;;/h5H,3H2,1-2H3;1H3;/q2*-1;. The molecule has 0 saturated carbocycles. The van der Waals surface area contributed by atoms with E-state index in [0.717, 1.165) is 0 Å². The Labute approximate surface area is 87.6 Å². The first-order valence-corrected chi connectivity index (χ1v) is 2.54. The van der Waals surface area contributed by atoms with Gasteiger partial charge in [0.1, 0.15) is 5.78 Å². The van der Waals surface area contributed by atoms with Gasteiger partial charge in [0.15, 0.2) is 0 Å². The fraction of sp³-hybridized carbons (Fsp3) is 0.571. The molecular formula is C7H12O2Y-2. The van der Waals surface area contributed by atoms with Gasteiger partial charge in [-0.2, -0.15) is 0 Å². The van der Waals surface area contributed by atoms with Gasteiger partial charge in [-0.15, -0.1) is 5.92 Å². The number of rotatable bonds is 3. The molecule has 1 unspecified atom stereocenters. The van der Waals surface area contributed by atoms with Crippen LogP contribution in [-0.2, 0) is 42.3 Å². The van der Waals surface area contributed by atoms with Crippen LogP contribution in [0.4, 0.5) is 0 Å². The summed E-state index contributed by atoms with van der Waals surface area (Å²) in [6, 6.07) is 0. The second kappa shape index (κ2) is 9.44. The molecule has 1 radical (unpaired) electrons. The molecule has 0 aromatic heterocycles. The Kier molecular flexibility index (Phi) is 15.9. The molecule has 2 nitrogen and oxygen atoms in total. The normalized spacial score (nSPS) is 10.2. The Morgan fingerprint density at radius 2 is 2.00 bits per heavy atom. The van der Waals surface area contributed by atoms with Gasteiger partial charge in [-0.05, 0) is 13.3 Å². The molecule has 10 heavy (non-hydrogen) atoms. The van der Waals surface area contributed by atoms with Crippen LogP contribution in [0.2, 0.25) is 0 Å². The topological polar surface area (TPSA) is 34.1 Å². The minimum atomic E-state index is -0.229. The van der Waals surface area contributed by atoms with Gasteiger partial charge in [0.05, 0.1) is 0 Å². The summed E-state index contributed by atoms with van der Waals surface area (Å²) in [6.07, 6.45) is 2.05. The third-order valence-corrected chi connectivity index (χ3v) is 0.795. The number of carbonyl (C=O) groups is 1. The number of carbonyl (C=O) groups excluding carboxylic acids is 2. The molecule has 0 N–H and O–H groups in total. The van der Waals surface area contributed by atoms with Gasteiger partial charge in [-0.3, -0.25) is 6.29 Å². The first-order chi connectivity index (χ1) is 3.66. The van der Waals surface area contributed by atoms with Crippen molar-refractivity contribution in [1.82, 2.24) is 0 Å². The second-order valence-corrected chi connectivity index (χ2v) is 1.93. The van der Waals surface area contributed by atoms with Crippen LogP contribution in [0.5, 0.6) is 0 Å². The van der Waals surface area contributed by atoms with Crippen molar-refractivity contribution in [2.24, 2.45) is 5.92 Å². The Morgan fingerprint density at radius 3 is 2.10 bits per heavy atom. The van der Waals surface area contributed by atoms with E-state index in [1.165, 1.54) is 6.92 Å². The smallest absolute Gasteiger partial charge is 0.127 e. The van der Waals surface area contributed by atoms with Gasteiger partial charge in [0, 0.05) is 32.7 Å². The quantitative estimate of drug-likeness (QED) is 0.664. The maximum atomic E-state index is 10.2. The molecule has 1 atom stereocenters. The van der Waals surface area contributed by atoms with Gasteiger partial charge >= 0.3 is 0 Å². The summed E-state index contributed by atoms with van der Waals surface area (Å²) in [5, 5.41) is 0. The van der Waals surface area contributed by atoms with Crippen molar-refractivity contribution in [3.63, 3.8) is 0 Å².